The third-order valence-corrected chi connectivity index (χ3v) is 2.57. The van der Waals surface area contributed by atoms with Crippen LogP contribution in [0.15, 0.2) is 102 Å². The molecule has 0 fully saturated rings. The van der Waals surface area contributed by atoms with Crippen LogP contribution in [0.25, 0.3) is 0 Å². The van der Waals surface area contributed by atoms with Crippen molar-refractivity contribution < 1.29 is 0 Å². The van der Waals surface area contributed by atoms with Gasteiger partial charge in [0.15, 0.2) is 0 Å². The Balaban J connectivity index is 5.76. The zero-order chi connectivity index (χ0) is 16.8. The molecule has 0 radical (unpaired) electrons. The lowest BCUT2D eigenvalue weighted by Gasteiger charge is -2.03. The second kappa shape index (κ2) is 12.3. The average molecular weight is 293 g/mol. The number of aliphatic imine (C=N–C) groups is 1. The van der Waals surface area contributed by atoms with Gasteiger partial charge in [-0.2, -0.15) is 0 Å². The minimum absolute atomic E-state index is 0.717. The van der Waals surface area contributed by atoms with Crippen LogP contribution >= 0.6 is 0 Å². The Bertz CT molecular complexity index is 573. The van der Waals surface area contributed by atoms with Crippen LogP contribution in [-0.4, -0.2) is 5.71 Å². The number of hydrogen-bond donors (Lipinski definition) is 0. The minimum Gasteiger partial charge on any atom is -0.249 e. The fraction of sp³-hybridized carbons (Fsp3) is 0.190. The lowest BCUT2D eigenvalue weighted by molar-refractivity contribution is 1.41. The van der Waals surface area contributed by atoms with E-state index in [2.05, 4.69) is 18.2 Å². The van der Waals surface area contributed by atoms with E-state index in [1.165, 1.54) is 0 Å². The summed E-state index contributed by atoms with van der Waals surface area (Å²) in [6.45, 7) is 15.8. The summed E-state index contributed by atoms with van der Waals surface area (Å²) in [6, 6.07) is 0. The summed E-state index contributed by atoms with van der Waals surface area (Å²) in [5, 5.41) is 0. The van der Waals surface area contributed by atoms with Gasteiger partial charge >= 0.3 is 0 Å². The van der Waals surface area contributed by atoms with Crippen molar-refractivity contribution in [3.05, 3.63) is 96.8 Å². The van der Waals surface area contributed by atoms with Gasteiger partial charge in [0.25, 0.3) is 0 Å². The predicted molar refractivity (Wildman–Crippen MR) is 102 cm³/mol. The zero-order valence-electron chi connectivity index (χ0n) is 14.2. The summed E-state index contributed by atoms with van der Waals surface area (Å²) in [5.41, 5.74) is 3.52. The van der Waals surface area contributed by atoms with Crippen LogP contribution in [0, 0.1) is 0 Å². The Morgan fingerprint density at radius 3 is 1.91 bits per heavy atom. The van der Waals surface area contributed by atoms with E-state index in [0.29, 0.717) is 0 Å². The lowest BCUT2D eigenvalue weighted by Crippen LogP contribution is -1.98. The molecule has 0 aromatic carbocycles. The maximum atomic E-state index is 4.60. The van der Waals surface area contributed by atoms with Gasteiger partial charge in [-0.05, 0) is 51.0 Å². The molecule has 0 rings (SSSR count). The summed E-state index contributed by atoms with van der Waals surface area (Å²) in [4.78, 5) is 4.60. The number of rotatable bonds is 8. The Kier molecular flexibility index (Phi) is 11.0. The van der Waals surface area contributed by atoms with Crippen LogP contribution in [0.4, 0.5) is 0 Å². The van der Waals surface area contributed by atoms with Crippen molar-refractivity contribution in [1.82, 2.24) is 0 Å². The molecule has 0 bridgehead atoms. The molecule has 0 aromatic rings. The molecular weight excluding hydrogens is 266 g/mol. The molecular formula is C21H27N. The normalized spacial score (nSPS) is 14.4. The smallest absolute Gasteiger partial charge is 0.0709 e. The first-order chi connectivity index (χ1) is 10.6. The first-order valence-corrected chi connectivity index (χ1v) is 7.45. The molecule has 22 heavy (non-hydrogen) atoms. The molecule has 0 aliphatic heterocycles. The van der Waals surface area contributed by atoms with E-state index in [9.17, 15) is 0 Å². The van der Waals surface area contributed by atoms with Crippen LogP contribution in [-0.2, 0) is 0 Å². The SMILES string of the molecule is C=C(/C=C\C)/C=C\C(=NC(=C)/C=C\C)C(/C=C\C)=C\C=C/C. The number of nitrogens with zero attached hydrogens (tertiary/aromatic N) is 1. The Labute approximate surface area is 135 Å². The van der Waals surface area contributed by atoms with Crippen LogP contribution in [0.3, 0.4) is 0 Å². The minimum atomic E-state index is 0.717. The van der Waals surface area contributed by atoms with Gasteiger partial charge in [0, 0.05) is 0 Å². The second-order valence-electron chi connectivity index (χ2n) is 4.54. The average Bonchev–Trinajstić information content (AvgIpc) is 2.48. The number of hydrogen-bond acceptors (Lipinski definition) is 1. The highest BCUT2D eigenvalue weighted by Crippen LogP contribution is 2.09. The van der Waals surface area contributed by atoms with E-state index in [1.54, 1.807) is 0 Å². The molecule has 0 spiro atoms. The lowest BCUT2D eigenvalue weighted by atomic mass is 10.1. The van der Waals surface area contributed by atoms with Crippen LogP contribution in [0.5, 0.6) is 0 Å². The summed E-state index contributed by atoms with van der Waals surface area (Å²) in [6.07, 6.45) is 21.7. The molecule has 1 nitrogen and oxygen atoms in total. The van der Waals surface area contributed by atoms with Crippen molar-refractivity contribution >= 4 is 5.71 Å². The van der Waals surface area contributed by atoms with Crippen molar-refractivity contribution in [2.45, 2.75) is 27.7 Å². The highest BCUT2D eigenvalue weighted by molar-refractivity contribution is 6.11. The fourth-order valence-corrected chi connectivity index (χ4v) is 1.64. The van der Waals surface area contributed by atoms with Gasteiger partial charge in [-0.25, -0.2) is 4.99 Å². The maximum Gasteiger partial charge on any atom is 0.0709 e. The molecule has 0 unspecified atom stereocenters. The van der Waals surface area contributed by atoms with Crippen molar-refractivity contribution in [1.29, 1.82) is 0 Å². The van der Waals surface area contributed by atoms with Gasteiger partial charge in [-0.15, -0.1) is 0 Å². The van der Waals surface area contributed by atoms with E-state index in [4.69, 9.17) is 0 Å². The molecule has 116 valence electrons. The van der Waals surface area contributed by atoms with Crippen molar-refractivity contribution in [3.8, 4) is 0 Å². The van der Waals surface area contributed by atoms with Crippen LogP contribution in [0.2, 0.25) is 0 Å². The molecule has 0 aliphatic carbocycles. The largest absolute Gasteiger partial charge is 0.249 e. The van der Waals surface area contributed by atoms with Crippen LogP contribution in [0.1, 0.15) is 27.7 Å². The quantitative estimate of drug-likeness (QED) is 0.368. The number of allylic oxidation sites excluding steroid dienone is 13. The molecule has 1 heteroatoms. The summed E-state index contributed by atoms with van der Waals surface area (Å²) >= 11 is 0. The third-order valence-electron chi connectivity index (χ3n) is 2.57. The highest BCUT2D eigenvalue weighted by atomic mass is 14.7. The monoisotopic (exact) mass is 293 g/mol. The van der Waals surface area contributed by atoms with E-state index >= 15 is 0 Å². The molecule has 0 N–H and O–H groups in total. The second-order valence-corrected chi connectivity index (χ2v) is 4.54. The van der Waals surface area contributed by atoms with Gasteiger partial charge in [0.1, 0.15) is 0 Å². The first-order valence-electron chi connectivity index (χ1n) is 7.45. The van der Waals surface area contributed by atoms with Gasteiger partial charge in [0.05, 0.1) is 11.4 Å². The zero-order valence-corrected chi connectivity index (χ0v) is 14.2. The van der Waals surface area contributed by atoms with E-state index < -0.39 is 0 Å². The van der Waals surface area contributed by atoms with E-state index in [0.717, 1.165) is 22.6 Å². The molecule has 0 saturated heterocycles. The Hall–Kier alpha value is -2.41. The van der Waals surface area contributed by atoms with Gasteiger partial charge < -0.3 is 0 Å². The topological polar surface area (TPSA) is 12.4 Å². The van der Waals surface area contributed by atoms with E-state index in [-0.39, 0.29) is 0 Å². The van der Waals surface area contributed by atoms with Crippen molar-refractivity contribution in [2.75, 3.05) is 0 Å². The molecule has 0 aliphatic rings. The predicted octanol–water partition coefficient (Wildman–Crippen LogP) is 6.28. The fourth-order valence-electron chi connectivity index (χ4n) is 1.64. The van der Waals surface area contributed by atoms with Gasteiger partial charge in [-0.1, -0.05) is 67.8 Å². The summed E-state index contributed by atoms with van der Waals surface area (Å²) in [7, 11) is 0. The molecule has 0 heterocycles. The maximum absolute atomic E-state index is 4.60. The summed E-state index contributed by atoms with van der Waals surface area (Å²) in [5.74, 6) is 0. The summed E-state index contributed by atoms with van der Waals surface area (Å²) < 4.78 is 0. The highest BCUT2D eigenvalue weighted by Gasteiger charge is 2.00. The molecule has 0 saturated carbocycles. The van der Waals surface area contributed by atoms with E-state index in [1.807, 2.05) is 94.5 Å². The standard InChI is InChI=1S/C21H27N/c1-7-11-15-20(14-10-4)21(22-19(6)13-9-3)17-16-18(5)12-8-2/h7-17H,5-6H2,1-4H3/b11-7-,12-8-,13-9-,14-10-,17-16-,20-15-,22-21?. The Morgan fingerprint density at radius 2 is 1.36 bits per heavy atom. The Morgan fingerprint density at radius 1 is 0.727 bits per heavy atom. The molecule has 0 atom stereocenters. The van der Waals surface area contributed by atoms with Gasteiger partial charge in [-0.3, -0.25) is 0 Å². The van der Waals surface area contributed by atoms with Crippen LogP contribution < -0.4 is 0 Å². The van der Waals surface area contributed by atoms with Crippen molar-refractivity contribution in [2.24, 2.45) is 4.99 Å². The first kappa shape index (κ1) is 19.6. The van der Waals surface area contributed by atoms with Gasteiger partial charge in [0.2, 0.25) is 0 Å². The van der Waals surface area contributed by atoms with Crippen molar-refractivity contribution in [3.63, 3.8) is 0 Å². The molecule has 0 amide bonds. The molecule has 0 aromatic heterocycles. The third kappa shape index (κ3) is 8.70.